The second-order valence-electron chi connectivity index (χ2n) is 7.44. The lowest BCUT2D eigenvalue weighted by Crippen LogP contribution is -2.24. The van der Waals surface area contributed by atoms with E-state index in [0.717, 1.165) is 29.1 Å². The van der Waals surface area contributed by atoms with Crippen molar-refractivity contribution in [2.24, 2.45) is 5.10 Å². The number of nitrogens with zero attached hydrogens (tertiary/aromatic N) is 2. The summed E-state index contributed by atoms with van der Waals surface area (Å²) in [6.07, 6.45) is 5.17. The number of benzene rings is 2. The maximum Gasteiger partial charge on any atom is 0.277 e. The molecule has 0 aliphatic rings. The summed E-state index contributed by atoms with van der Waals surface area (Å²) in [6.45, 7) is 6.15. The van der Waals surface area contributed by atoms with Gasteiger partial charge >= 0.3 is 0 Å². The first-order valence-corrected chi connectivity index (χ1v) is 10.8. The highest BCUT2D eigenvalue weighted by Crippen LogP contribution is 2.23. The van der Waals surface area contributed by atoms with Crippen molar-refractivity contribution in [2.45, 2.75) is 40.0 Å². The second kappa shape index (κ2) is 10.8. The fourth-order valence-corrected chi connectivity index (χ4v) is 3.61. The number of halogens is 1. The zero-order chi connectivity index (χ0) is 22.2. The molecule has 0 unspecified atom stereocenters. The van der Waals surface area contributed by atoms with Crippen molar-refractivity contribution in [3.05, 3.63) is 82.1 Å². The van der Waals surface area contributed by atoms with Crippen molar-refractivity contribution in [2.75, 3.05) is 6.61 Å². The summed E-state index contributed by atoms with van der Waals surface area (Å²) < 4.78 is 7.61. The monoisotopic (exact) mass is 437 g/mol. The van der Waals surface area contributed by atoms with E-state index in [2.05, 4.69) is 59.3 Å². The normalized spacial score (nSPS) is 11.1. The number of amides is 1. The highest BCUT2D eigenvalue weighted by Gasteiger charge is 2.10. The van der Waals surface area contributed by atoms with Gasteiger partial charge < -0.3 is 9.30 Å². The second-order valence-corrected chi connectivity index (χ2v) is 7.85. The Morgan fingerprint density at radius 2 is 1.90 bits per heavy atom. The third kappa shape index (κ3) is 5.98. The number of hydrogen-bond donors (Lipinski definition) is 1. The molecule has 1 amide bonds. The number of nitrogens with one attached hydrogen (secondary N) is 1. The smallest absolute Gasteiger partial charge is 0.277 e. The van der Waals surface area contributed by atoms with Gasteiger partial charge in [0.15, 0.2) is 6.61 Å². The first-order chi connectivity index (χ1) is 15.0. The number of ether oxygens (including phenoxy) is 1. The van der Waals surface area contributed by atoms with E-state index in [1.54, 1.807) is 30.5 Å². The van der Waals surface area contributed by atoms with E-state index in [4.69, 9.17) is 16.3 Å². The summed E-state index contributed by atoms with van der Waals surface area (Å²) in [5.74, 6) is 0.111. The number of carbonyl (C=O) groups excluding carboxylic acids is 1. The lowest BCUT2D eigenvalue weighted by Gasteiger charge is -2.10. The van der Waals surface area contributed by atoms with E-state index in [-0.39, 0.29) is 12.5 Å². The summed E-state index contributed by atoms with van der Waals surface area (Å²) in [6, 6.07) is 17.8. The van der Waals surface area contributed by atoms with Crippen LogP contribution in [0.25, 0.3) is 5.69 Å². The largest absolute Gasteiger partial charge is 0.482 e. The summed E-state index contributed by atoms with van der Waals surface area (Å²) in [4.78, 5) is 12.0. The number of hydrogen-bond acceptors (Lipinski definition) is 3. The molecule has 0 fully saturated rings. The Bertz CT molecular complexity index is 1060. The zero-order valence-corrected chi connectivity index (χ0v) is 18.9. The molecule has 0 aliphatic carbocycles. The van der Waals surface area contributed by atoms with Gasteiger partial charge in [0.05, 0.1) is 11.2 Å². The van der Waals surface area contributed by atoms with E-state index >= 15 is 0 Å². The van der Waals surface area contributed by atoms with Gasteiger partial charge in [-0.3, -0.25) is 4.79 Å². The summed E-state index contributed by atoms with van der Waals surface area (Å²) in [7, 11) is 0. The predicted octanol–water partition coefficient (Wildman–Crippen LogP) is 5.62. The first-order valence-electron chi connectivity index (χ1n) is 10.5. The number of carbonyl (C=O) groups is 1. The molecule has 0 atom stereocenters. The Morgan fingerprint density at radius 1 is 1.16 bits per heavy atom. The Hall–Kier alpha value is -3.05. The minimum atomic E-state index is -0.354. The van der Waals surface area contributed by atoms with Gasteiger partial charge in [0.1, 0.15) is 5.75 Å². The van der Waals surface area contributed by atoms with Gasteiger partial charge in [-0.15, -0.1) is 0 Å². The lowest BCUT2D eigenvalue weighted by molar-refractivity contribution is -0.123. The van der Waals surface area contributed by atoms with Crippen LogP contribution < -0.4 is 10.2 Å². The molecule has 1 aromatic heterocycles. The van der Waals surface area contributed by atoms with Gasteiger partial charge in [-0.1, -0.05) is 49.2 Å². The van der Waals surface area contributed by atoms with E-state index < -0.39 is 0 Å². The molecular weight excluding hydrogens is 410 g/mol. The van der Waals surface area contributed by atoms with Gasteiger partial charge in [0.25, 0.3) is 5.91 Å². The standard InChI is InChI=1S/C25H28ClN3O2/c1-4-5-8-20-11-13-22(14-12-20)29-18(2)15-21(19(29)3)16-27-28-25(30)17-31-24-10-7-6-9-23(24)26/h6-7,9-16H,4-5,8,17H2,1-3H3,(H,28,30)/b27-16-. The van der Waals surface area contributed by atoms with Gasteiger partial charge in [-0.05, 0) is 62.6 Å². The van der Waals surface area contributed by atoms with Crippen LogP contribution in [0.15, 0.2) is 59.7 Å². The lowest BCUT2D eigenvalue weighted by atomic mass is 10.1. The molecule has 0 radical (unpaired) electrons. The zero-order valence-electron chi connectivity index (χ0n) is 18.2. The molecule has 0 aliphatic heterocycles. The SMILES string of the molecule is CCCCc1ccc(-n2c(C)cc(/C=N\NC(=O)COc3ccccc3Cl)c2C)cc1. The fourth-order valence-electron chi connectivity index (χ4n) is 3.42. The molecule has 6 heteroatoms. The minimum Gasteiger partial charge on any atom is -0.482 e. The van der Waals surface area contributed by atoms with Crippen LogP contribution in [0.2, 0.25) is 5.02 Å². The van der Waals surface area contributed by atoms with Crippen molar-refractivity contribution in [1.29, 1.82) is 0 Å². The van der Waals surface area contributed by atoms with Crippen LogP contribution in [0.3, 0.4) is 0 Å². The van der Waals surface area contributed by atoms with Crippen LogP contribution in [0, 0.1) is 13.8 Å². The molecule has 0 saturated heterocycles. The molecule has 0 spiro atoms. The molecular formula is C25H28ClN3O2. The van der Waals surface area contributed by atoms with Gasteiger partial charge in [0, 0.05) is 22.6 Å². The van der Waals surface area contributed by atoms with Gasteiger partial charge in [-0.25, -0.2) is 5.43 Å². The average Bonchev–Trinajstić information content (AvgIpc) is 3.05. The quantitative estimate of drug-likeness (QED) is 0.349. The number of aryl methyl sites for hydroxylation is 2. The number of hydrazone groups is 1. The van der Waals surface area contributed by atoms with Crippen LogP contribution in [0.4, 0.5) is 0 Å². The first kappa shape index (κ1) is 22.6. The molecule has 5 nitrogen and oxygen atoms in total. The van der Waals surface area contributed by atoms with Gasteiger partial charge in [0.2, 0.25) is 0 Å². The predicted molar refractivity (Wildman–Crippen MR) is 127 cm³/mol. The summed E-state index contributed by atoms with van der Waals surface area (Å²) in [5, 5.41) is 4.54. The molecule has 1 heterocycles. The van der Waals surface area contributed by atoms with Crippen molar-refractivity contribution in [3.63, 3.8) is 0 Å². The number of unbranched alkanes of at least 4 members (excludes halogenated alkanes) is 1. The minimum absolute atomic E-state index is 0.162. The number of aromatic nitrogens is 1. The Kier molecular flexibility index (Phi) is 7.90. The van der Waals surface area contributed by atoms with Crippen LogP contribution in [-0.2, 0) is 11.2 Å². The van der Waals surface area contributed by atoms with E-state index in [1.807, 2.05) is 6.92 Å². The molecule has 31 heavy (non-hydrogen) atoms. The highest BCUT2D eigenvalue weighted by atomic mass is 35.5. The Balaban J connectivity index is 1.61. The Labute approximate surface area is 188 Å². The molecule has 0 saturated carbocycles. The van der Waals surface area contributed by atoms with Crippen LogP contribution in [0.5, 0.6) is 5.75 Å². The van der Waals surface area contributed by atoms with E-state index in [1.165, 1.54) is 18.4 Å². The summed E-state index contributed by atoms with van der Waals surface area (Å²) >= 11 is 6.02. The third-order valence-electron chi connectivity index (χ3n) is 5.07. The molecule has 1 N–H and O–H groups in total. The van der Waals surface area contributed by atoms with Crippen molar-refractivity contribution >= 4 is 23.7 Å². The Morgan fingerprint density at radius 3 is 2.61 bits per heavy atom. The molecule has 0 bridgehead atoms. The van der Waals surface area contributed by atoms with Gasteiger partial charge in [-0.2, -0.15) is 5.10 Å². The average molecular weight is 438 g/mol. The number of rotatable bonds is 9. The maximum atomic E-state index is 12.0. The van der Waals surface area contributed by atoms with E-state index in [9.17, 15) is 4.79 Å². The molecule has 3 rings (SSSR count). The van der Waals surface area contributed by atoms with Crippen LogP contribution in [-0.4, -0.2) is 23.3 Å². The van der Waals surface area contributed by atoms with Crippen molar-refractivity contribution in [3.8, 4) is 11.4 Å². The van der Waals surface area contributed by atoms with E-state index in [0.29, 0.717) is 10.8 Å². The highest BCUT2D eigenvalue weighted by molar-refractivity contribution is 6.32. The van der Waals surface area contributed by atoms with Crippen molar-refractivity contribution < 1.29 is 9.53 Å². The fraction of sp³-hybridized carbons (Fsp3) is 0.280. The maximum absolute atomic E-state index is 12.0. The third-order valence-corrected chi connectivity index (χ3v) is 5.38. The topological polar surface area (TPSA) is 55.6 Å². The molecule has 3 aromatic rings. The van der Waals surface area contributed by atoms with Crippen LogP contribution in [0.1, 0.15) is 42.3 Å². The van der Waals surface area contributed by atoms with Crippen LogP contribution >= 0.6 is 11.6 Å². The number of para-hydroxylation sites is 1. The molecule has 162 valence electrons. The molecule has 2 aromatic carbocycles. The summed E-state index contributed by atoms with van der Waals surface area (Å²) in [5.41, 5.74) is 8.08. The van der Waals surface area contributed by atoms with Crippen molar-refractivity contribution in [1.82, 2.24) is 9.99 Å².